The summed E-state index contributed by atoms with van der Waals surface area (Å²) in [6.07, 6.45) is -0.863. The van der Waals surface area contributed by atoms with E-state index in [0.29, 0.717) is 0 Å². The number of hydrogen-bond acceptors (Lipinski definition) is 5. The topological polar surface area (TPSA) is 105 Å². The van der Waals surface area contributed by atoms with Crippen molar-refractivity contribution >= 4 is 40.9 Å². The first-order valence-corrected chi connectivity index (χ1v) is 12.3. The van der Waals surface area contributed by atoms with Gasteiger partial charge in [-0.05, 0) is 31.1 Å². The standard InChI is InChI=1S/C24H27Cl2F3N4O4/c1-23(2,3)12-32(11-18(34)19-16(25)9-30-10-17(19)26)21(35)15-8-31-33(20(15)24(27,28)29)14-6-4-13(5-7-14)22(36)37/h8-10,13-14H,4-7,11-12H2,1-3H3,(H,36,37)/t13-,14+. The highest BCUT2D eigenvalue weighted by Gasteiger charge is 2.43. The van der Waals surface area contributed by atoms with E-state index in [9.17, 15) is 32.7 Å². The predicted octanol–water partition coefficient (Wildman–Crippen LogP) is 5.79. The fraction of sp³-hybridized carbons (Fsp3) is 0.542. The van der Waals surface area contributed by atoms with E-state index in [0.717, 1.165) is 15.8 Å². The number of alkyl halides is 3. The van der Waals surface area contributed by atoms with Crippen molar-refractivity contribution in [3.8, 4) is 0 Å². The minimum atomic E-state index is -4.92. The molecule has 13 heteroatoms. The molecule has 3 rings (SSSR count). The highest BCUT2D eigenvalue weighted by Crippen LogP contribution is 2.39. The second kappa shape index (κ2) is 11.0. The van der Waals surface area contributed by atoms with Gasteiger partial charge in [-0.15, -0.1) is 0 Å². The average Bonchev–Trinajstić information content (AvgIpc) is 3.23. The highest BCUT2D eigenvalue weighted by atomic mass is 35.5. The quantitative estimate of drug-likeness (QED) is 0.428. The maximum atomic E-state index is 14.3. The maximum absolute atomic E-state index is 14.3. The first-order chi connectivity index (χ1) is 17.1. The van der Waals surface area contributed by atoms with E-state index in [4.69, 9.17) is 23.2 Å². The summed E-state index contributed by atoms with van der Waals surface area (Å²) in [6.45, 7) is 4.73. The molecule has 1 N–H and O–H groups in total. The van der Waals surface area contributed by atoms with Gasteiger partial charge in [-0.1, -0.05) is 44.0 Å². The monoisotopic (exact) mass is 562 g/mol. The molecule has 1 amide bonds. The number of carbonyl (C=O) groups is 3. The summed E-state index contributed by atoms with van der Waals surface area (Å²) in [5.41, 5.74) is -2.54. The van der Waals surface area contributed by atoms with Gasteiger partial charge in [-0.25, -0.2) is 0 Å². The minimum Gasteiger partial charge on any atom is -0.481 e. The SMILES string of the molecule is CC(C)(C)CN(CC(=O)c1c(Cl)cncc1Cl)C(=O)c1cnn([C@H]2CC[C@@H](C(=O)O)CC2)c1C(F)(F)F. The van der Waals surface area contributed by atoms with Crippen molar-refractivity contribution in [1.29, 1.82) is 0 Å². The molecular weight excluding hydrogens is 536 g/mol. The number of ketones is 1. The van der Waals surface area contributed by atoms with Gasteiger partial charge in [0.25, 0.3) is 5.91 Å². The van der Waals surface area contributed by atoms with E-state index in [2.05, 4.69) is 10.1 Å². The fourth-order valence-corrected chi connectivity index (χ4v) is 5.09. The van der Waals surface area contributed by atoms with Gasteiger partial charge in [-0.2, -0.15) is 18.3 Å². The Balaban J connectivity index is 1.97. The number of carbonyl (C=O) groups excluding carboxylic acids is 2. The number of Topliss-reactive ketones (excluding diaryl/α,β-unsaturated/α-hetero) is 1. The summed E-state index contributed by atoms with van der Waals surface area (Å²) >= 11 is 12.1. The van der Waals surface area contributed by atoms with Gasteiger partial charge in [0.15, 0.2) is 11.5 Å². The van der Waals surface area contributed by atoms with Crippen LogP contribution in [-0.4, -0.2) is 55.5 Å². The van der Waals surface area contributed by atoms with Crippen molar-refractivity contribution < 1.29 is 32.7 Å². The lowest BCUT2D eigenvalue weighted by Gasteiger charge is -2.30. The molecule has 1 fully saturated rings. The zero-order valence-electron chi connectivity index (χ0n) is 20.5. The average molecular weight is 563 g/mol. The van der Waals surface area contributed by atoms with Crippen molar-refractivity contribution in [2.75, 3.05) is 13.1 Å². The predicted molar refractivity (Wildman–Crippen MR) is 130 cm³/mol. The third-order valence-corrected chi connectivity index (χ3v) is 6.68. The van der Waals surface area contributed by atoms with E-state index in [1.54, 1.807) is 20.8 Å². The first kappa shape index (κ1) is 28.9. The van der Waals surface area contributed by atoms with E-state index in [-0.39, 0.29) is 47.8 Å². The number of carboxylic acid groups (broad SMARTS) is 1. The Kier molecular flexibility index (Phi) is 8.58. The van der Waals surface area contributed by atoms with E-state index >= 15 is 0 Å². The number of rotatable bonds is 7. The molecule has 0 radical (unpaired) electrons. The van der Waals surface area contributed by atoms with Crippen molar-refractivity contribution in [3.63, 3.8) is 0 Å². The first-order valence-electron chi connectivity index (χ1n) is 11.6. The number of carboxylic acids is 1. The van der Waals surface area contributed by atoms with Crippen LogP contribution in [0, 0.1) is 11.3 Å². The molecule has 1 aliphatic rings. The molecule has 0 unspecified atom stereocenters. The zero-order valence-corrected chi connectivity index (χ0v) is 22.0. The number of pyridine rings is 1. The molecule has 0 bridgehead atoms. The van der Waals surface area contributed by atoms with Crippen LogP contribution < -0.4 is 0 Å². The van der Waals surface area contributed by atoms with Crippen LogP contribution in [0.3, 0.4) is 0 Å². The second-order valence-electron chi connectivity index (χ2n) is 10.3. The van der Waals surface area contributed by atoms with Gasteiger partial charge in [0.1, 0.15) is 0 Å². The summed E-state index contributed by atoms with van der Waals surface area (Å²) < 4.78 is 43.6. The normalized spacial score (nSPS) is 18.5. The second-order valence-corrected chi connectivity index (χ2v) is 11.1. The van der Waals surface area contributed by atoms with Crippen molar-refractivity contribution in [2.24, 2.45) is 11.3 Å². The van der Waals surface area contributed by atoms with Crippen molar-refractivity contribution in [2.45, 2.75) is 58.7 Å². The molecular formula is C24H27Cl2F3N4O4. The van der Waals surface area contributed by atoms with Crippen LogP contribution in [0.15, 0.2) is 18.6 Å². The largest absolute Gasteiger partial charge is 0.481 e. The van der Waals surface area contributed by atoms with Gasteiger partial charge in [0.2, 0.25) is 0 Å². The van der Waals surface area contributed by atoms with Gasteiger partial charge in [0.05, 0.1) is 45.9 Å². The number of halogens is 5. The lowest BCUT2D eigenvalue weighted by molar-refractivity contribution is -0.147. The van der Waals surface area contributed by atoms with Crippen LogP contribution in [0.5, 0.6) is 0 Å². The lowest BCUT2D eigenvalue weighted by Crippen LogP contribution is -2.42. The smallest absolute Gasteiger partial charge is 0.433 e. The van der Waals surface area contributed by atoms with E-state index in [1.165, 1.54) is 12.4 Å². The minimum absolute atomic E-state index is 0.0376. The summed E-state index contributed by atoms with van der Waals surface area (Å²) in [5, 5.41) is 13.0. The van der Waals surface area contributed by atoms with Crippen LogP contribution in [0.2, 0.25) is 10.0 Å². The number of hydrogen-bond donors (Lipinski definition) is 1. The number of nitrogens with zero attached hydrogens (tertiary/aromatic N) is 4. The van der Waals surface area contributed by atoms with Crippen LogP contribution in [0.25, 0.3) is 0 Å². The molecule has 8 nitrogen and oxygen atoms in total. The Hall–Kier alpha value is -2.66. The molecule has 0 spiro atoms. The zero-order chi connectivity index (χ0) is 27.7. The third-order valence-electron chi connectivity index (χ3n) is 6.11. The maximum Gasteiger partial charge on any atom is 0.433 e. The summed E-state index contributed by atoms with van der Waals surface area (Å²) in [5.74, 6) is -3.27. The molecule has 1 saturated carbocycles. The lowest BCUT2D eigenvalue weighted by atomic mass is 9.86. The van der Waals surface area contributed by atoms with Crippen LogP contribution in [0.1, 0.15) is 78.9 Å². The number of aromatic nitrogens is 3. The Bertz CT molecular complexity index is 1170. The van der Waals surface area contributed by atoms with Crippen LogP contribution >= 0.6 is 23.2 Å². The van der Waals surface area contributed by atoms with E-state index < -0.39 is 59.0 Å². The Morgan fingerprint density at radius 2 is 1.62 bits per heavy atom. The molecule has 37 heavy (non-hydrogen) atoms. The summed E-state index contributed by atoms with van der Waals surface area (Å²) in [4.78, 5) is 42.6. The number of aliphatic carboxylic acids is 1. The van der Waals surface area contributed by atoms with Crippen molar-refractivity contribution in [1.82, 2.24) is 19.7 Å². The van der Waals surface area contributed by atoms with Gasteiger partial charge in [-0.3, -0.25) is 24.0 Å². The Labute approximate surface area is 221 Å². The van der Waals surface area contributed by atoms with Gasteiger partial charge < -0.3 is 10.0 Å². The Morgan fingerprint density at radius 1 is 1.05 bits per heavy atom. The van der Waals surface area contributed by atoms with E-state index in [1.807, 2.05) is 0 Å². The van der Waals surface area contributed by atoms with Crippen molar-refractivity contribution in [3.05, 3.63) is 45.5 Å². The molecule has 202 valence electrons. The van der Waals surface area contributed by atoms with Crippen LogP contribution in [-0.2, 0) is 11.0 Å². The third kappa shape index (κ3) is 6.81. The van der Waals surface area contributed by atoms with Crippen LogP contribution in [0.4, 0.5) is 13.2 Å². The molecule has 0 aromatic carbocycles. The molecule has 1 aliphatic carbocycles. The fourth-order valence-electron chi connectivity index (χ4n) is 4.52. The van der Waals surface area contributed by atoms with Gasteiger partial charge >= 0.3 is 12.1 Å². The molecule has 0 saturated heterocycles. The molecule has 0 atom stereocenters. The number of amides is 1. The molecule has 2 aromatic heterocycles. The molecule has 2 aromatic rings. The Morgan fingerprint density at radius 3 is 2.11 bits per heavy atom. The summed E-state index contributed by atoms with van der Waals surface area (Å²) in [7, 11) is 0. The molecule has 2 heterocycles. The van der Waals surface area contributed by atoms with Gasteiger partial charge in [0, 0.05) is 18.9 Å². The molecule has 0 aliphatic heterocycles. The summed E-state index contributed by atoms with van der Waals surface area (Å²) in [6, 6.07) is -0.707. The highest BCUT2D eigenvalue weighted by molar-refractivity contribution is 6.39.